The van der Waals surface area contributed by atoms with E-state index in [9.17, 15) is 41.0 Å². The fourth-order valence-corrected chi connectivity index (χ4v) is 6.78. The number of benzene rings is 3. The van der Waals surface area contributed by atoms with Crippen LogP contribution in [0.3, 0.4) is 0 Å². The van der Waals surface area contributed by atoms with Crippen LogP contribution in [-0.4, -0.2) is 94.9 Å². The fourth-order valence-electron chi connectivity index (χ4n) is 5.48. The molecule has 2 aliphatic heterocycles. The van der Waals surface area contributed by atoms with Crippen molar-refractivity contribution in [2.75, 3.05) is 57.9 Å². The van der Waals surface area contributed by atoms with Gasteiger partial charge in [-0.05, 0) is 78.2 Å². The molecule has 52 heavy (non-hydrogen) atoms. The van der Waals surface area contributed by atoms with Crippen LogP contribution >= 0.6 is 24.0 Å². The summed E-state index contributed by atoms with van der Waals surface area (Å²) in [4.78, 5) is 28.3. The maximum Gasteiger partial charge on any atom is 0.416 e. The highest BCUT2D eigenvalue weighted by molar-refractivity contribution is 8.26. The first-order valence-corrected chi connectivity index (χ1v) is 17.2. The van der Waals surface area contributed by atoms with Gasteiger partial charge in [-0.25, -0.2) is 4.79 Å². The van der Waals surface area contributed by atoms with Gasteiger partial charge in [-0.15, -0.1) is 0 Å². The van der Waals surface area contributed by atoms with E-state index in [4.69, 9.17) is 26.8 Å². The van der Waals surface area contributed by atoms with E-state index < -0.39 is 41.4 Å². The highest BCUT2D eigenvalue weighted by atomic mass is 32.2. The normalized spacial score (nSPS) is 17.1. The molecule has 17 heteroatoms. The molecule has 1 unspecified atom stereocenters. The first-order valence-electron chi connectivity index (χ1n) is 16.0. The topological polar surface area (TPSA) is 112 Å². The second kappa shape index (κ2) is 16.7. The molecule has 0 saturated carbocycles. The number of halogens is 6. The Hall–Kier alpha value is -4.16. The molecular weight excluding hydrogens is 737 g/mol. The monoisotopic (exact) mass is 769 g/mol. The third-order valence-corrected chi connectivity index (χ3v) is 9.66. The van der Waals surface area contributed by atoms with Crippen molar-refractivity contribution in [1.29, 1.82) is 0 Å². The molecule has 0 spiro atoms. The maximum atomic E-state index is 13.7. The lowest BCUT2D eigenvalue weighted by molar-refractivity contribution is -0.143. The van der Waals surface area contributed by atoms with Gasteiger partial charge in [0.25, 0.3) is 5.91 Å². The van der Waals surface area contributed by atoms with Gasteiger partial charge in [-0.2, -0.15) is 26.3 Å². The molecule has 3 aromatic rings. The van der Waals surface area contributed by atoms with E-state index in [0.29, 0.717) is 50.7 Å². The van der Waals surface area contributed by atoms with E-state index in [1.807, 2.05) is 0 Å². The maximum absolute atomic E-state index is 13.7. The molecule has 9 nitrogen and oxygen atoms in total. The predicted molar refractivity (Wildman–Crippen MR) is 187 cm³/mol. The van der Waals surface area contributed by atoms with Crippen molar-refractivity contribution in [3.63, 3.8) is 0 Å². The summed E-state index contributed by atoms with van der Waals surface area (Å²) in [5.41, 5.74) is -2.33. The average Bonchev–Trinajstić information content (AvgIpc) is 3.37. The van der Waals surface area contributed by atoms with Crippen LogP contribution in [0.4, 0.5) is 32.0 Å². The summed E-state index contributed by atoms with van der Waals surface area (Å²) in [7, 11) is 0. The SMILES string of the molecule is O=C(O)c1ccc(NC(CO)CCN2C(=O)/C(=C/c3cc(-c4cc(C(F)(F)F)cc(C(F)(F)F)c4)ccc3OCCN3CCOCC3)SC2=S)cc1. The fraction of sp³-hybridized carbons (Fsp3) is 0.343. The number of anilines is 1. The molecule has 2 aliphatic rings. The van der Waals surface area contributed by atoms with Crippen LogP contribution in [0.25, 0.3) is 17.2 Å². The Morgan fingerprint density at radius 2 is 1.62 bits per heavy atom. The summed E-state index contributed by atoms with van der Waals surface area (Å²) in [5, 5.41) is 22.1. The minimum absolute atomic E-state index is 0.0344. The number of morpholine rings is 1. The number of alkyl halides is 6. The van der Waals surface area contributed by atoms with Gasteiger partial charge >= 0.3 is 18.3 Å². The average molecular weight is 770 g/mol. The van der Waals surface area contributed by atoms with Gasteiger partial charge in [0, 0.05) is 37.4 Å². The molecule has 5 rings (SSSR count). The number of ether oxygens (including phenoxy) is 2. The molecule has 278 valence electrons. The van der Waals surface area contributed by atoms with E-state index in [-0.39, 0.29) is 69.5 Å². The Morgan fingerprint density at radius 3 is 2.21 bits per heavy atom. The number of carboxylic acid groups (broad SMARTS) is 1. The van der Waals surface area contributed by atoms with Crippen LogP contribution in [-0.2, 0) is 21.9 Å². The summed E-state index contributed by atoms with van der Waals surface area (Å²) in [6, 6.07) is 10.9. The molecule has 0 aromatic heterocycles. The smallest absolute Gasteiger partial charge is 0.416 e. The molecule has 0 aliphatic carbocycles. The number of aliphatic hydroxyl groups excluding tert-OH is 1. The number of hydrogen-bond acceptors (Lipinski definition) is 9. The standard InChI is InChI=1S/C35H33F6N3O6S2/c36-34(37,38)25-16-23(17-26(19-25)35(39,40)41)22-3-6-29(50-14-11-43-9-12-49-13-10-43)24(15-22)18-30-31(46)44(33(51)52-30)8-7-28(20-45)42-27-4-1-21(2-5-27)32(47)48/h1-6,15-19,28,42,45H,7-14,20H2,(H,47,48)/b30-18-. The number of aliphatic hydroxyl groups is 1. The Labute approximate surface area is 304 Å². The number of carbonyl (C=O) groups excluding carboxylic acids is 1. The number of amides is 1. The number of carboxylic acids is 1. The predicted octanol–water partition coefficient (Wildman–Crippen LogP) is 6.86. The van der Waals surface area contributed by atoms with Crippen LogP contribution in [0.2, 0.25) is 0 Å². The zero-order chi connectivity index (χ0) is 37.6. The molecule has 2 saturated heterocycles. The second-order valence-electron chi connectivity index (χ2n) is 11.9. The second-order valence-corrected chi connectivity index (χ2v) is 13.6. The molecule has 3 N–H and O–H groups in total. The van der Waals surface area contributed by atoms with Crippen LogP contribution in [0.5, 0.6) is 5.75 Å². The number of carbonyl (C=O) groups is 2. The Morgan fingerprint density at radius 1 is 0.962 bits per heavy atom. The van der Waals surface area contributed by atoms with Crippen molar-refractivity contribution < 1.29 is 55.6 Å². The Kier molecular flexibility index (Phi) is 12.5. The summed E-state index contributed by atoms with van der Waals surface area (Å²) >= 11 is 6.44. The molecule has 0 radical (unpaired) electrons. The van der Waals surface area contributed by atoms with Crippen molar-refractivity contribution in [3.8, 4) is 16.9 Å². The number of nitrogens with zero attached hydrogens (tertiary/aromatic N) is 2. The lowest BCUT2D eigenvalue weighted by Gasteiger charge is -2.26. The highest BCUT2D eigenvalue weighted by Crippen LogP contribution is 2.40. The number of rotatable bonds is 13. The first kappa shape index (κ1) is 39.1. The summed E-state index contributed by atoms with van der Waals surface area (Å²) in [5.74, 6) is -1.32. The van der Waals surface area contributed by atoms with Crippen molar-refractivity contribution in [1.82, 2.24) is 9.80 Å². The third kappa shape index (κ3) is 10.0. The third-order valence-electron chi connectivity index (χ3n) is 8.28. The van der Waals surface area contributed by atoms with E-state index in [1.54, 1.807) is 12.1 Å². The van der Waals surface area contributed by atoms with Gasteiger partial charge in [-0.3, -0.25) is 14.6 Å². The van der Waals surface area contributed by atoms with E-state index >= 15 is 0 Å². The minimum Gasteiger partial charge on any atom is -0.492 e. The van der Waals surface area contributed by atoms with Crippen molar-refractivity contribution in [2.24, 2.45) is 0 Å². The molecule has 0 bridgehead atoms. The zero-order valence-corrected chi connectivity index (χ0v) is 28.9. The lowest BCUT2D eigenvalue weighted by atomic mass is 9.97. The Balaban J connectivity index is 1.40. The van der Waals surface area contributed by atoms with Gasteiger partial charge in [0.05, 0.1) is 47.5 Å². The van der Waals surface area contributed by atoms with Gasteiger partial charge in [0.1, 0.15) is 16.7 Å². The van der Waals surface area contributed by atoms with E-state index in [0.717, 1.165) is 11.8 Å². The van der Waals surface area contributed by atoms with Crippen molar-refractivity contribution in [2.45, 2.75) is 24.8 Å². The summed E-state index contributed by atoms with van der Waals surface area (Å²) in [6.45, 7) is 3.03. The van der Waals surface area contributed by atoms with Gasteiger partial charge in [0.15, 0.2) is 0 Å². The minimum atomic E-state index is -5.04. The Bertz CT molecular complexity index is 1780. The molecule has 2 heterocycles. The van der Waals surface area contributed by atoms with Gasteiger partial charge in [-0.1, -0.05) is 30.0 Å². The van der Waals surface area contributed by atoms with E-state index in [1.165, 1.54) is 41.3 Å². The summed E-state index contributed by atoms with van der Waals surface area (Å²) < 4.78 is 93.5. The van der Waals surface area contributed by atoms with Gasteiger partial charge in [0.2, 0.25) is 0 Å². The molecular formula is C35H33F6N3O6S2. The number of thiocarbonyl (C=S) groups is 1. The zero-order valence-electron chi connectivity index (χ0n) is 27.3. The molecule has 1 atom stereocenters. The highest BCUT2D eigenvalue weighted by Gasteiger charge is 2.37. The lowest BCUT2D eigenvalue weighted by Crippen LogP contribution is -2.38. The van der Waals surface area contributed by atoms with Crippen LogP contribution < -0.4 is 10.1 Å². The van der Waals surface area contributed by atoms with Crippen LogP contribution in [0, 0.1) is 0 Å². The van der Waals surface area contributed by atoms with Gasteiger partial charge < -0.3 is 25.0 Å². The molecule has 2 fully saturated rings. The molecule has 3 aromatic carbocycles. The van der Waals surface area contributed by atoms with Crippen molar-refractivity contribution in [3.05, 3.63) is 87.8 Å². The van der Waals surface area contributed by atoms with E-state index in [2.05, 4.69) is 10.2 Å². The first-order chi connectivity index (χ1) is 24.6. The van der Waals surface area contributed by atoms with Crippen LogP contribution in [0.1, 0.15) is 33.5 Å². The molecule has 1 amide bonds. The largest absolute Gasteiger partial charge is 0.492 e. The number of hydrogen-bond donors (Lipinski definition) is 3. The number of thioether (sulfide) groups is 1. The van der Waals surface area contributed by atoms with Crippen molar-refractivity contribution >= 4 is 51.9 Å². The number of aromatic carboxylic acids is 1. The number of nitrogens with one attached hydrogen (secondary N) is 1. The van der Waals surface area contributed by atoms with Crippen LogP contribution in [0.15, 0.2) is 65.6 Å². The quantitative estimate of drug-likeness (QED) is 0.0969. The summed E-state index contributed by atoms with van der Waals surface area (Å²) in [6.07, 6.45) is -8.38.